The molecule has 2 heterocycles. The van der Waals surface area contributed by atoms with Crippen LogP contribution in [0.2, 0.25) is 18.1 Å². The Labute approximate surface area is 302 Å². The van der Waals surface area contributed by atoms with Crippen molar-refractivity contribution in [3.8, 4) is 0 Å². The predicted molar refractivity (Wildman–Crippen MR) is 197 cm³/mol. The van der Waals surface area contributed by atoms with Gasteiger partial charge in [0.05, 0.1) is 25.5 Å². The number of imide groups is 1. The second-order valence-electron chi connectivity index (χ2n) is 15.2. The number of cyclic esters (lactones) is 1. The molecule has 1 aliphatic rings. The number of benzene rings is 3. The monoisotopic (exact) mass is 713 g/mol. The van der Waals surface area contributed by atoms with Crippen LogP contribution in [0.5, 0.6) is 0 Å². The van der Waals surface area contributed by atoms with E-state index < -0.39 is 56.4 Å². The number of carbonyl (C=O) groups excluding carboxylic acids is 2. The number of hydrogen-bond donors (Lipinski definition) is 1. The maximum atomic E-state index is 14.9. The highest BCUT2D eigenvalue weighted by atomic mass is 28.4. The van der Waals surface area contributed by atoms with E-state index in [4.69, 9.17) is 23.1 Å². The Bertz CT molecular complexity index is 1690. The average molecular weight is 714 g/mol. The molecule has 1 saturated heterocycles. The van der Waals surface area contributed by atoms with Crippen molar-refractivity contribution in [1.82, 2.24) is 4.90 Å². The van der Waals surface area contributed by atoms with Crippen molar-refractivity contribution in [2.75, 3.05) is 0 Å². The highest BCUT2D eigenvalue weighted by molar-refractivity contribution is 6.74. The zero-order valence-corrected chi connectivity index (χ0v) is 31.7. The van der Waals surface area contributed by atoms with E-state index in [9.17, 15) is 14.7 Å². The number of ether oxygens (including phenoxy) is 3. The SMILES string of the molecule is CC1(C)OC(=O)N(C(=O)[C@@H](OCc2ccccc2)[C@@H](O)[C@@H](OCc2ccccc2)[C@H](O[Si](C)(C)C(C)(C)C)c2ccco2)[C@H]1Cc1ccccc1. The molecule has 10 heteroatoms. The Morgan fingerprint density at radius 1 is 0.843 bits per heavy atom. The second kappa shape index (κ2) is 16.1. The molecule has 1 aromatic heterocycles. The summed E-state index contributed by atoms with van der Waals surface area (Å²) in [6.07, 6.45) is -4.14. The molecule has 0 radical (unpaired) electrons. The van der Waals surface area contributed by atoms with E-state index in [-0.39, 0.29) is 18.3 Å². The first-order valence-corrected chi connectivity index (χ1v) is 20.4. The lowest BCUT2D eigenvalue weighted by atomic mass is 9.91. The number of furan rings is 1. The normalized spacial score (nSPS) is 18.5. The van der Waals surface area contributed by atoms with Gasteiger partial charge in [-0.15, -0.1) is 0 Å². The summed E-state index contributed by atoms with van der Waals surface area (Å²) in [6.45, 7) is 14.2. The van der Waals surface area contributed by atoms with Crippen LogP contribution in [0.3, 0.4) is 0 Å². The van der Waals surface area contributed by atoms with Gasteiger partial charge in [0.25, 0.3) is 5.91 Å². The van der Waals surface area contributed by atoms with Crippen LogP contribution in [0, 0.1) is 0 Å². The summed E-state index contributed by atoms with van der Waals surface area (Å²) >= 11 is 0. The number of aliphatic hydroxyl groups excluding tert-OH is 1. The maximum absolute atomic E-state index is 14.9. The van der Waals surface area contributed by atoms with E-state index in [1.54, 1.807) is 32.2 Å². The number of carbonyl (C=O) groups is 2. The molecule has 9 nitrogen and oxygen atoms in total. The summed E-state index contributed by atoms with van der Waals surface area (Å²) in [5.74, 6) is -0.288. The average Bonchev–Trinajstić information content (AvgIpc) is 3.70. The molecule has 1 N–H and O–H groups in total. The predicted octanol–water partition coefficient (Wildman–Crippen LogP) is 8.24. The minimum atomic E-state index is -2.55. The lowest BCUT2D eigenvalue weighted by Crippen LogP contribution is -2.57. The fraction of sp³-hybridized carbons (Fsp3) is 0.415. The van der Waals surface area contributed by atoms with Crippen LogP contribution in [-0.2, 0) is 43.1 Å². The van der Waals surface area contributed by atoms with E-state index in [0.717, 1.165) is 21.6 Å². The minimum absolute atomic E-state index is 0.0101. The molecular weight excluding hydrogens is 663 g/mol. The number of aliphatic hydroxyl groups is 1. The first-order valence-electron chi connectivity index (χ1n) is 17.5. The van der Waals surface area contributed by atoms with Crippen LogP contribution >= 0.6 is 0 Å². The summed E-state index contributed by atoms with van der Waals surface area (Å²) in [5, 5.41) is 12.4. The first-order chi connectivity index (χ1) is 24.2. The molecule has 0 unspecified atom stereocenters. The molecule has 0 aliphatic carbocycles. The van der Waals surface area contributed by atoms with Gasteiger partial charge in [-0.1, -0.05) is 112 Å². The quantitative estimate of drug-likeness (QED) is 0.123. The molecule has 0 spiro atoms. The highest BCUT2D eigenvalue weighted by Crippen LogP contribution is 2.42. The van der Waals surface area contributed by atoms with Crippen molar-refractivity contribution in [2.45, 2.75) is 108 Å². The Kier molecular flexibility index (Phi) is 12.0. The smallest absolute Gasteiger partial charge is 0.417 e. The molecule has 0 bridgehead atoms. The molecule has 1 fully saturated rings. The van der Waals surface area contributed by atoms with Gasteiger partial charge < -0.3 is 28.2 Å². The Balaban J connectivity index is 1.57. The molecule has 0 saturated carbocycles. The summed E-state index contributed by atoms with van der Waals surface area (Å²) in [4.78, 5) is 29.6. The zero-order valence-electron chi connectivity index (χ0n) is 30.7. The van der Waals surface area contributed by atoms with Gasteiger partial charge in [-0.05, 0) is 67.2 Å². The molecular formula is C41H51NO8Si. The minimum Gasteiger partial charge on any atom is -0.467 e. The van der Waals surface area contributed by atoms with Crippen LogP contribution in [0.1, 0.15) is 63.2 Å². The number of nitrogens with zero attached hydrogens (tertiary/aromatic N) is 1. The lowest BCUT2D eigenvalue weighted by molar-refractivity contribution is -0.175. The van der Waals surface area contributed by atoms with Crippen molar-refractivity contribution < 1.29 is 37.7 Å². The maximum Gasteiger partial charge on any atom is 0.417 e. The van der Waals surface area contributed by atoms with Gasteiger partial charge in [0.2, 0.25) is 0 Å². The van der Waals surface area contributed by atoms with E-state index in [1.165, 1.54) is 0 Å². The molecule has 2 amide bonds. The first kappa shape index (κ1) is 38.2. The van der Waals surface area contributed by atoms with Crippen molar-refractivity contribution in [3.63, 3.8) is 0 Å². The zero-order chi connectivity index (χ0) is 36.8. The fourth-order valence-electron chi connectivity index (χ4n) is 5.95. The van der Waals surface area contributed by atoms with Crippen molar-refractivity contribution >= 4 is 20.3 Å². The number of hydrogen-bond acceptors (Lipinski definition) is 8. The third-order valence-electron chi connectivity index (χ3n) is 9.97. The Hall–Kier alpha value is -4.06. The molecule has 5 atom stereocenters. The molecule has 1 aliphatic heterocycles. The van der Waals surface area contributed by atoms with Gasteiger partial charge >= 0.3 is 6.09 Å². The van der Waals surface area contributed by atoms with Crippen LogP contribution in [0.4, 0.5) is 4.79 Å². The van der Waals surface area contributed by atoms with Gasteiger partial charge in [-0.2, -0.15) is 0 Å². The van der Waals surface area contributed by atoms with E-state index >= 15 is 0 Å². The molecule has 5 rings (SSSR count). The Morgan fingerprint density at radius 3 is 1.88 bits per heavy atom. The third kappa shape index (κ3) is 9.25. The number of amides is 2. The highest BCUT2D eigenvalue weighted by Gasteiger charge is 2.54. The van der Waals surface area contributed by atoms with Gasteiger partial charge in [-0.25, -0.2) is 9.69 Å². The largest absolute Gasteiger partial charge is 0.467 e. The standard InChI is InChI=1S/C41H51NO8Si/c1-40(2,3)51(6,7)50-35(32-24-17-25-46-32)36(47-27-30-20-13-9-14-21-30)34(43)37(48-28-31-22-15-10-16-23-31)38(44)42-33(41(4,5)49-39(42)45)26-29-18-11-8-12-19-29/h8-25,33-37,43H,26-28H2,1-7H3/t33-,34-,35+,36+,37-/m0/s1. The molecule has 51 heavy (non-hydrogen) atoms. The Morgan fingerprint density at radius 2 is 1.37 bits per heavy atom. The van der Waals surface area contributed by atoms with Crippen LogP contribution < -0.4 is 0 Å². The van der Waals surface area contributed by atoms with Crippen molar-refractivity contribution in [1.29, 1.82) is 0 Å². The van der Waals surface area contributed by atoms with Crippen LogP contribution in [-0.4, -0.2) is 60.3 Å². The van der Waals surface area contributed by atoms with E-state index in [2.05, 4.69) is 33.9 Å². The van der Waals surface area contributed by atoms with Crippen molar-refractivity contribution in [3.05, 3.63) is 132 Å². The summed E-state index contributed by atoms with van der Waals surface area (Å²) in [5.41, 5.74) is 1.57. The van der Waals surface area contributed by atoms with Crippen LogP contribution in [0.25, 0.3) is 0 Å². The summed E-state index contributed by atoms with van der Waals surface area (Å²) in [7, 11) is -2.55. The van der Waals surface area contributed by atoms with Gasteiger partial charge in [0.15, 0.2) is 14.4 Å². The molecule has 3 aromatic carbocycles. The fourth-order valence-corrected chi connectivity index (χ4v) is 7.19. The lowest BCUT2D eigenvalue weighted by Gasteiger charge is -2.42. The van der Waals surface area contributed by atoms with Gasteiger partial charge in [0, 0.05) is 0 Å². The van der Waals surface area contributed by atoms with E-state index in [1.807, 2.05) is 91.0 Å². The third-order valence-corrected chi connectivity index (χ3v) is 14.4. The number of rotatable bonds is 15. The van der Waals surface area contributed by atoms with Crippen LogP contribution in [0.15, 0.2) is 114 Å². The van der Waals surface area contributed by atoms with E-state index in [0.29, 0.717) is 12.2 Å². The van der Waals surface area contributed by atoms with Crippen molar-refractivity contribution in [2.24, 2.45) is 0 Å². The molecule has 4 aromatic rings. The van der Waals surface area contributed by atoms with Gasteiger partial charge in [0.1, 0.15) is 29.7 Å². The second-order valence-corrected chi connectivity index (χ2v) is 19.9. The summed E-state index contributed by atoms with van der Waals surface area (Å²) in [6, 6.07) is 31.4. The van der Waals surface area contributed by atoms with Gasteiger partial charge in [-0.3, -0.25) is 4.79 Å². The molecule has 272 valence electrons. The topological polar surface area (TPSA) is 108 Å². The summed E-state index contributed by atoms with van der Waals surface area (Å²) < 4.78 is 31.7.